The minimum atomic E-state index is -0.797. The SMILES string of the molecule is CC(C(=O)NCC1CCCO1)N1C(=O)NC2(CCCC2)C1=O. The van der Waals surface area contributed by atoms with Gasteiger partial charge in [0.1, 0.15) is 11.6 Å². The molecule has 2 aliphatic heterocycles. The predicted octanol–water partition coefficient (Wildman–Crippen LogP) is 0.535. The van der Waals surface area contributed by atoms with E-state index in [1.807, 2.05) is 0 Å². The van der Waals surface area contributed by atoms with Gasteiger partial charge < -0.3 is 15.4 Å². The summed E-state index contributed by atoms with van der Waals surface area (Å²) in [5.74, 6) is -0.566. The Morgan fingerprint density at radius 1 is 1.41 bits per heavy atom. The maximum Gasteiger partial charge on any atom is 0.325 e. The summed E-state index contributed by atoms with van der Waals surface area (Å²) in [5.41, 5.74) is -0.764. The van der Waals surface area contributed by atoms with E-state index in [1.54, 1.807) is 6.92 Å². The zero-order chi connectivity index (χ0) is 15.7. The Hall–Kier alpha value is -1.63. The van der Waals surface area contributed by atoms with Crippen LogP contribution in [-0.4, -0.2) is 53.6 Å². The number of amides is 4. The molecule has 2 atom stereocenters. The molecule has 0 aromatic heterocycles. The Labute approximate surface area is 129 Å². The van der Waals surface area contributed by atoms with E-state index in [1.165, 1.54) is 0 Å². The third kappa shape index (κ3) is 2.58. The van der Waals surface area contributed by atoms with Gasteiger partial charge in [-0.3, -0.25) is 9.59 Å². The highest BCUT2D eigenvalue weighted by molar-refractivity contribution is 6.09. The number of carbonyl (C=O) groups excluding carboxylic acids is 3. The van der Waals surface area contributed by atoms with E-state index in [0.29, 0.717) is 19.4 Å². The first-order valence-corrected chi connectivity index (χ1v) is 8.09. The van der Waals surface area contributed by atoms with Crippen molar-refractivity contribution in [1.82, 2.24) is 15.5 Å². The van der Waals surface area contributed by atoms with Crippen LogP contribution >= 0.6 is 0 Å². The third-order valence-corrected chi connectivity index (χ3v) is 4.94. The van der Waals surface area contributed by atoms with Crippen molar-refractivity contribution in [2.75, 3.05) is 13.2 Å². The molecule has 2 heterocycles. The fourth-order valence-electron chi connectivity index (χ4n) is 3.60. The lowest BCUT2D eigenvalue weighted by Crippen LogP contribution is -2.50. The molecule has 122 valence electrons. The predicted molar refractivity (Wildman–Crippen MR) is 78.0 cm³/mol. The van der Waals surface area contributed by atoms with E-state index in [2.05, 4.69) is 10.6 Å². The van der Waals surface area contributed by atoms with Gasteiger partial charge in [0.2, 0.25) is 5.91 Å². The van der Waals surface area contributed by atoms with Gasteiger partial charge in [0, 0.05) is 13.2 Å². The molecule has 4 amide bonds. The molecule has 2 unspecified atom stereocenters. The van der Waals surface area contributed by atoms with E-state index in [9.17, 15) is 14.4 Å². The largest absolute Gasteiger partial charge is 0.376 e. The molecular weight excluding hydrogens is 286 g/mol. The Bertz CT molecular complexity index is 481. The maximum absolute atomic E-state index is 12.6. The van der Waals surface area contributed by atoms with Crippen LogP contribution in [0.3, 0.4) is 0 Å². The van der Waals surface area contributed by atoms with Crippen molar-refractivity contribution < 1.29 is 19.1 Å². The summed E-state index contributed by atoms with van der Waals surface area (Å²) >= 11 is 0. The van der Waals surface area contributed by atoms with Gasteiger partial charge >= 0.3 is 6.03 Å². The fraction of sp³-hybridized carbons (Fsp3) is 0.800. The van der Waals surface area contributed by atoms with Gasteiger partial charge in [-0.15, -0.1) is 0 Å². The van der Waals surface area contributed by atoms with Gasteiger partial charge in [0.15, 0.2) is 0 Å². The average Bonchev–Trinajstić information content (AvgIpc) is 3.20. The molecule has 3 rings (SSSR count). The molecule has 0 aromatic carbocycles. The van der Waals surface area contributed by atoms with Gasteiger partial charge in [0.25, 0.3) is 5.91 Å². The normalized spacial score (nSPS) is 28.2. The van der Waals surface area contributed by atoms with Crippen LogP contribution < -0.4 is 10.6 Å². The lowest BCUT2D eigenvalue weighted by Gasteiger charge is -2.24. The van der Waals surface area contributed by atoms with Gasteiger partial charge in [-0.2, -0.15) is 0 Å². The lowest BCUT2D eigenvalue weighted by atomic mass is 9.97. The first-order valence-electron chi connectivity index (χ1n) is 8.09. The second-order valence-corrected chi connectivity index (χ2v) is 6.45. The number of hydrogen-bond donors (Lipinski definition) is 2. The van der Waals surface area contributed by atoms with E-state index >= 15 is 0 Å². The van der Waals surface area contributed by atoms with Crippen LogP contribution in [0, 0.1) is 0 Å². The molecule has 7 nitrogen and oxygen atoms in total. The quantitative estimate of drug-likeness (QED) is 0.742. The molecule has 2 saturated heterocycles. The Balaban J connectivity index is 1.61. The molecule has 0 bridgehead atoms. The summed E-state index contributed by atoms with van der Waals surface area (Å²) in [6.07, 6.45) is 5.17. The van der Waals surface area contributed by atoms with Crippen molar-refractivity contribution in [2.24, 2.45) is 0 Å². The smallest absolute Gasteiger partial charge is 0.325 e. The number of imide groups is 1. The summed E-state index contributed by atoms with van der Waals surface area (Å²) in [6, 6.07) is -1.25. The first kappa shape index (κ1) is 15.3. The molecular formula is C15H23N3O4. The number of nitrogens with zero attached hydrogens (tertiary/aromatic N) is 1. The van der Waals surface area contributed by atoms with Crippen LogP contribution in [0.5, 0.6) is 0 Å². The summed E-state index contributed by atoms with van der Waals surface area (Å²) in [7, 11) is 0. The highest BCUT2D eigenvalue weighted by atomic mass is 16.5. The van der Waals surface area contributed by atoms with Crippen molar-refractivity contribution in [3.05, 3.63) is 0 Å². The fourth-order valence-corrected chi connectivity index (χ4v) is 3.60. The van der Waals surface area contributed by atoms with Crippen molar-refractivity contribution in [3.63, 3.8) is 0 Å². The van der Waals surface area contributed by atoms with Gasteiger partial charge in [0.05, 0.1) is 6.10 Å². The second-order valence-electron chi connectivity index (χ2n) is 6.45. The van der Waals surface area contributed by atoms with E-state index < -0.39 is 17.6 Å². The molecule has 7 heteroatoms. The van der Waals surface area contributed by atoms with Crippen LogP contribution in [0.15, 0.2) is 0 Å². The lowest BCUT2D eigenvalue weighted by molar-refractivity contribution is -0.138. The topological polar surface area (TPSA) is 87.7 Å². The number of rotatable bonds is 4. The summed E-state index contributed by atoms with van der Waals surface area (Å²) < 4.78 is 5.45. The zero-order valence-electron chi connectivity index (χ0n) is 12.9. The first-order chi connectivity index (χ1) is 10.5. The van der Waals surface area contributed by atoms with E-state index in [0.717, 1.165) is 37.2 Å². The van der Waals surface area contributed by atoms with E-state index in [4.69, 9.17) is 4.74 Å². The van der Waals surface area contributed by atoms with Gasteiger partial charge in [-0.25, -0.2) is 9.69 Å². The molecule has 0 aromatic rings. The molecule has 3 fully saturated rings. The molecule has 1 saturated carbocycles. The molecule has 3 aliphatic rings. The third-order valence-electron chi connectivity index (χ3n) is 4.94. The molecule has 0 radical (unpaired) electrons. The summed E-state index contributed by atoms with van der Waals surface area (Å²) in [4.78, 5) is 38.0. The standard InChI is InChI=1S/C15H23N3O4/c1-10(12(19)16-9-11-5-4-8-22-11)18-13(20)15(17-14(18)21)6-2-3-7-15/h10-11H,2-9H2,1H3,(H,16,19)(H,17,21). The Morgan fingerprint density at radius 3 is 2.77 bits per heavy atom. The molecule has 1 spiro atoms. The molecule has 1 aliphatic carbocycles. The zero-order valence-corrected chi connectivity index (χ0v) is 12.9. The van der Waals surface area contributed by atoms with Crippen LogP contribution in [0.25, 0.3) is 0 Å². The summed E-state index contributed by atoms with van der Waals surface area (Å²) in [6.45, 7) is 2.75. The van der Waals surface area contributed by atoms with Gasteiger partial charge in [-0.05, 0) is 32.6 Å². The van der Waals surface area contributed by atoms with Crippen LogP contribution in [-0.2, 0) is 14.3 Å². The highest BCUT2D eigenvalue weighted by Gasteiger charge is 2.54. The van der Waals surface area contributed by atoms with Crippen molar-refractivity contribution >= 4 is 17.8 Å². The minimum absolute atomic E-state index is 0.0421. The number of hydrogen-bond acceptors (Lipinski definition) is 4. The highest BCUT2D eigenvalue weighted by Crippen LogP contribution is 2.35. The maximum atomic E-state index is 12.6. The Morgan fingerprint density at radius 2 is 2.14 bits per heavy atom. The second kappa shape index (κ2) is 5.87. The Kier molecular flexibility index (Phi) is 4.08. The number of nitrogens with one attached hydrogen (secondary N) is 2. The molecule has 22 heavy (non-hydrogen) atoms. The van der Waals surface area contributed by atoms with Crippen LogP contribution in [0.1, 0.15) is 45.4 Å². The van der Waals surface area contributed by atoms with Crippen molar-refractivity contribution in [2.45, 2.75) is 63.1 Å². The van der Waals surface area contributed by atoms with E-state index in [-0.39, 0.29) is 17.9 Å². The molecule has 2 N–H and O–H groups in total. The van der Waals surface area contributed by atoms with Gasteiger partial charge in [-0.1, -0.05) is 12.8 Å². The average molecular weight is 309 g/mol. The van der Waals surface area contributed by atoms with Crippen molar-refractivity contribution in [3.8, 4) is 0 Å². The van der Waals surface area contributed by atoms with Crippen molar-refractivity contribution in [1.29, 1.82) is 0 Å². The summed E-state index contributed by atoms with van der Waals surface area (Å²) in [5, 5.41) is 5.58. The number of carbonyl (C=O) groups is 3. The monoisotopic (exact) mass is 309 g/mol. The number of ether oxygens (including phenoxy) is 1. The van der Waals surface area contributed by atoms with Crippen LogP contribution in [0.2, 0.25) is 0 Å². The van der Waals surface area contributed by atoms with Crippen LogP contribution in [0.4, 0.5) is 4.79 Å². The minimum Gasteiger partial charge on any atom is -0.376 e. The number of urea groups is 1.